The Morgan fingerprint density at radius 2 is 1.95 bits per heavy atom. The van der Waals surface area contributed by atoms with E-state index in [0.29, 0.717) is 23.7 Å². The molecule has 2 saturated heterocycles. The van der Waals surface area contributed by atoms with Crippen LogP contribution in [0.1, 0.15) is 41.6 Å². The van der Waals surface area contributed by atoms with Crippen LogP contribution in [0.25, 0.3) is 0 Å². The number of hydrogen-bond donors (Lipinski definition) is 2. The summed E-state index contributed by atoms with van der Waals surface area (Å²) in [6.07, 6.45) is 4.58. The van der Waals surface area contributed by atoms with Crippen LogP contribution >= 0.6 is 0 Å². The summed E-state index contributed by atoms with van der Waals surface area (Å²) in [5.41, 5.74) is 1.41. The van der Waals surface area contributed by atoms with Gasteiger partial charge in [0.2, 0.25) is 0 Å². The quantitative estimate of drug-likeness (QED) is 0.868. The van der Waals surface area contributed by atoms with Crippen LogP contribution in [0.3, 0.4) is 0 Å². The van der Waals surface area contributed by atoms with E-state index in [-0.39, 0.29) is 11.7 Å². The lowest BCUT2D eigenvalue weighted by atomic mass is 9.97. The van der Waals surface area contributed by atoms with Crippen LogP contribution in [0.4, 0.5) is 0 Å². The average Bonchev–Trinajstić information content (AvgIpc) is 2.79. The van der Waals surface area contributed by atoms with E-state index in [1.165, 1.54) is 12.8 Å². The van der Waals surface area contributed by atoms with Crippen molar-refractivity contribution in [3.63, 3.8) is 0 Å². The van der Waals surface area contributed by atoms with Gasteiger partial charge in [-0.1, -0.05) is 0 Å². The second-order valence-electron chi connectivity index (χ2n) is 6.18. The monoisotopic (exact) mass is 274 g/mol. The number of benzene rings is 1. The van der Waals surface area contributed by atoms with E-state index in [1.807, 2.05) is 18.9 Å². The summed E-state index contributed by atoms with van der Waals surface area (Å²) in [5.74, 6) is 0.295. The van der Waals surface area contributed by atoms with Gasteiger partial charge in [-0.3, -0.25) is 4.79 Å². The third-order valence-corrected chi connectivity index (χ3v) is 4.76. The average molecular weight is 274 g/mol. The van der Waals surface area contributed by atoms with Crippen molar-refractivity contribution >= 4 is 5.91 Å². The maximum absolute atomic E-state index is 12.6. The van der Waals surface area contributed by atoms with Gasteiger partial charge in [-0.05, 0) is 56.4 Å². The zero-order valence-corrected chi connectivity index (χ0v) is 12.1. The van der Waals surface area contributed by atoms with Crippen molar-refractivity contribution in [2.24, 2.45) is 0 Å². The Bertz CT molecular complexity index is 517. The fourth-order valence-electron chi connectivity index (χ4n) is 3.50. The molecular formula is C16H22N2O2. The number of hydrogen-bond acceptors (Lipinski definition) is 3. The summed E-state index contributed by atoms with van der Waals surface area (Å²) in [4.78, 5) is 14.5. The van der Waals surface area contributed by atoms with E-state index >= 15 is 0 Å². The number of carbonyl (C=O) groups is 1. The van der Waals surface area contributed by atoms with E-state index in [2.05, 4.69) is 5.32 Å². The van der Waals surface area contributed by atoms with Crippen LogP contribution in [0.15, 0.2) is 18.2 Å². The molecule has 4 heteroatoms. The van der Waals surface area contributed by atoms with Gasteiger partial charge < -0.3 is 15.3 Å². The summed E-state index contributed by atoms with van der Waals surface area (Å²) < 4.78 is 0. The summed E-state index contributed by atoms with van der Waals surface area (Å²) in [6.45, 7) is 1.82. The van der Waals surface area contributed by atoms with Crippen molar-refractivity contribution in [3.05, 3.63) is 29.3 Å². The molecule has 2 fully saturated rings. The van der Waals surface area contributed by atoms with E-state index < -0.39 is 0 Å². The minimum Gasteiger partial charge on any atom is -0.508 e. The Hall–Kier alpha value is -1.55. The van der Waals surface area contributed by atoms with Crippen molar-refractivity contribution in [3.8, 4) is 5.75 Å². The maximum Gasteiger partial charge on any atom is 0.253 e. The lowest BCUT2D eigenvalue weighted by Crippen LogP contribution is -2.48. The number of piperidine rings is 1. The van der Waals surface area contributed by atoms with Crippen molar-refractivity contribution < 1.29 is 9.90 Å². The molecule has 2 aliphatic heterocycles. The molecule has 1 aromatic rings. The molecule has 0 aromatic heterocycles. The number of carbonyl (C=O) groups excluding carboxylic acids is 1. The molecule has 0 radical (unpaired) electrons. The van der Waals surface area contributed by atoms with Crippen molar-refractivity contribution in [2.45, 2.75) is 50.7 Å². The van der Waals surface area contributed by atoms with Gasteiger partial charge in [0.1, 0.15) is 5.75 Å². The molecule has 2 atom stereocenters. The number of aromatic hydroxyl groups is 1. The van der Waals surface area contributed by atoms with Gasteiger partial charge in [0.25, 0.3) is 5.91 Å². The number of fused-ring (bicyclic) bond motifs is 2. The van der Waals surface area contributed by atoms with E-state index in [9.17, 15) is 9.90 Å². The molecule has 4 nitrogen and oxygen atoms in total. The third kappa shape index (κ3) is 2.40. The Balaban J connectivity index is 1.74. The number of nitrogens with one attached hydrogen (secondary N) is 1. The van der Waals surface area contributed by atoms with E-state index in [4.69, 9.17) is 0 Å². The van der Waals surface area contributed by atoms with Gasteiger partial charge in [0.15, 0.2) is 0 Å². The Labute approximate surface area is 119 Å². The number of amides is 1. The van der Waals surface area contributed by atoms with Gasteiger partial charge in [-0.2, -0.15) is 0 Å². The molecule has 2 heterocycles. The topological polar surface area (TPSA) is 52.6 Å². The number of rotatable bonds is 2. The fourth-order valence-corrected chi connectivity index (χ4v) is 3.50. The second kappa shape index (κ2) is 5.09. The van der Waals surface area contributed by atoms with Crippen LogP contribution in [0.2, 0.25) is 0 Å². The standard InChI is InChI=1S/C16H22N2O2/c1-10-7-11(3-6-15(10)19)16(20)18(2)14-8-12-4-5-13(9-14)17-12/h3,6-7,12-14,17,19H,4-5,8-9H2,1-2H3. The highest BCUT2D eigenvalue weighted by Crippen LogP contribution is 2.30. The molecule has 108 valence electrons. The molecule has 1 aromatic carbocycles. The summed E-state index contributed by atoms with van der Waals surface area (Å²) in [6, 6.07) is 6.56. The Kier molecular flexibility index (Phi) is 3.42. The van der Waals surface area contributed by atoms with Crippen molar-refractivity contribution in [1.29, 1.82) is 0 Å². The minimum atomic E-state index is 0.0550. The number of aryl methyl sites for hydroxylation is 1. The zero-order valence-electron chi connectivity index (χ0n) is 12.1. The fraction of sp³-hybridized carbons (Fsp3) is 0.562. The normalized spacial score (nSPS) is 28.4. The van der Waals surface area contributed by atoms with Gasteiger partial charge in [-0.25, -0.2) is 0 Å². The molecule has 2 unspecified atom stereocenters. The Morgan fingerprint density at radius 3 is 2.55 bits per heavy atom. The van der Waals surface area contributed by atoms with Gasteiger partial charge in [0, 0.05) is 30.7 Å². The van der Waals surface area contributed by atoms with Crippen LogP contribution in [-0.2, 0) is 0 Å². The number of nitrogens with zero attached hydrogens (tertiary/aromatic N) is 1. The van der Waals surface area contributed by atoms with Gasteiger partial charge in [0.05, 0.1) is 0 Å². The molecule has 3 rings (SSSR count). The van der Waals surface area contributed by atoms with Crippen molar-refractivity contribution in [1.82, 2.24) is 10.2 Å². The maximum atomic E-state index is 12.6. The number of phenolic OH excluding ortho intramolecular Hbond substituents is 1. The zero-order chi connectivity index (χ0) is 14.3. The largest absolute Gasteiger partial charge is 0.508 e. The smallest absolute Gasteiger partial charge is 0.253 e. The summed E-state index contributed by atoms with van der Waals surface area (Å²) in [7, 11) is 1.90. The molecule has 20 heavy (non-hydrogen) atoms. The van der Waals surface area contributed by atoms with E-state index in [1.54, 1.807) is 18.2 Å². The molecule has 1 amide bonds. The lowest BCUT2D eigenvalue weighted by Gasteiger charge is -2.35. The third-order valence-electron chi connectivity index (χ3n) is 4.76. The first kappa shape index (κ1) is 13.4. The molecule has 2 N–H and O–H groups in total. The van der Waals surface area contributed by atoms with Crippen molar-refractivity contribution in [2.75, 3.05) is 7.05 Å². The Morgan fingerprint density at radius 1 is 1.30 bits per heavy atom. The van der Waals surface area contributed by atoms with Crippen LogP contribution in [0, 0.1) is 6.92 Å². The predicted octanol–water partition coefficient (Wildman–Crippen LogP) is 2.06. The first-order valence-electron chi connectivity index (χ1n) is 7.37. The molecule has 2 aliphatic rings. The first-order chi connectivity index (χ1) is 9.54. The summed E-state index contributed by atoms with van der Waals surface area (Å²) in [5, 5.41) is 13.2. The number of phenols is 1. The van der Waals surface area contributed by atoms with Crippen LogP contribution in [0.5, 0.6) is 5.75 Å². The highest BCUT2D eigenvalue weighted by molar-refractivity contribution is 5.94. The molecular weight excluding hydrogens is 252 g/mol. The molecule has 0 aliphatic carbocycles. The summed E-state index contributed by atoms with van der Waals surface area (Å²) >= 11 is 0. The van der Waals surface area contributed by atoms with Crippen LogP contribution < -0.4 is 5.32 Å². The highest BCUT2D eigenvalue weighted by Gasteiger charge is 2.36. The molecule has 2 bridgehead atoms. The minimum absolute atomic E-state index is 0.0550. The molecule has 0 spiro atoms. The highest BCUT2D eigenvalue weighted by atomic mass is 16.3. The second-order valence-corrected chi connectivity index (χ2v) is 6.18. The lowest BCUT2D eigenvalue weighted by molar-refractivity contribution is 0.0681. The predicted molar refractivity (Wildman–Crippen MR) is 77.9 cm³/mol. The van der Waals surface area contributed by atoms with Gasteiger partial charge in [-0.15, -0.1) is 0 Å². The SMILES string of the molecule is Cc1cc(C(=O)N(C)C2CC3CCC(C2)N3)ccc1O. The van der Waals surface area contributed by atoms with E-state index in [0.717, 1.165) is 18.4 Å². The first-order valence-corrected chi connectivity index (χ1v) is 7.37. The van der Waals surface area contributed by atoms with Crippen LogP contribution in [-0.4, -0.2) is 41.1 Å². The van der Waals surface area contributed by atoms with Gasteiger partial charge >= 0.3 is 0 Å². The molecule has 0 saturated carbocycles.